The molecule has 1 aromatic carbocycles. The van der Waals surface area contributed by atoms with E-state index in [1.54, 1.807) is 6.92 Å². The van der Waals surface area contributed by atoms with Crippen molar-refractivity contribution in [2.45, 2.75) is 129 Å². The molecule has 1 aliphatic carbocycles. The van der Waals surface area contributed by atoms with Crippen molar-refractivity contribution in [1.82, 2.24) is 0 Å². The summed E-state index contributed by atoms with van der Waals surface area (Å²) in [6, 6.07) is 8.56. The molecule has 34 heavy (non-hydrogen) atoms. The van der Waals surface area contributed by atoms with E-state index in [1.807, 2.05) is 6.92 Å². The molecule has 0 spiro atoms. The van der Waals surface area contributed by atoms with Crippen LogP contribution in [-0.4, -0.2) is 31.4 Å². The molecule has 194 valence electrons. The van der Waals surface area contributed by atoms with Crippen LogP contribution in [0.3, 0.4) is 0 Å². The molecule has 0 radical (unpaired) electrons. The Bertz CT molecular complexity index is 648. The predicted molar refractivity (Wildman–Crippen MR) is 141 cm³/mol. The molecule has 2 unspecified atom stereocenters. The van der Waals surface area contributed by atoms with Crippen LogP contribution in [0.25, 0.3) is 0 Å². The van der Waals surface area contributed by atoms with Gasteiger partial charge in [0.2, 0.25) is 0 Å². The normalized spacial score (nSPS) is 20.0. The summed E-state index contributed by atoms with van der Waals surface area (Å²) in [6.45, 7) is 8.86. The van der Waals surface area contributed by atoms with E-state index in [2.05, 4.69) is 38.1 Å². The first-order valence-electron chi connectivity index (χ1n) is 14.1. The van der Waals surface area contributed by atoms with Crippen molar-refractivity contribution in [1.29, 1.82) is 0 Å². The van der Waals surface area contributed by atoms with Crippen LogP contribution in [-0.2, 0) is 14.3 Å². The summed E-state index contributed by atoms with van der Waals surface area (Å²) >= 11 is 0. The van der Waals surface area contributed by atoms with Crippen molar-refractivity contribution in [2.75, 3.05) is 13.2 Å². The van der Waals surface area contributed by atoms with Crippen molar-refractivity contribution >= 4 is 5.97 Å². The third-order valence-electron chi connectivity index (χ3n) is 7.16. The molecule has 0 amide bonds. The highest BCUT2D eigenvalue weighted by Crippen LogP contribution is 2.38. The third-order valence-corrected chi connectivity index (χ3v) is 7.16. The standard InChI is InChI=1S/C30H50O4/c1-5-7-9-10-11-12-13-26-14-16-27(17-15-26)28-18-20-29(21-19-28)34-24(3)23-33-30(31)25(4)32-22-8-6-2/h18-21,24-27H,5-17,22-23H2,1-4H3. The van der Waals surface area contributed by atoms with E-state index in [1.165, 1.54) is 76.2 Å². The van der Waals surface area contributed by atoms with Crippen LogP contribution in [0.4, 0.5) is 0 Å². The van der Waals surface area contributed by atoms with E-state index in [4.69, 9.17) is 14.2 Å². The molecular formula is C30H50O4. The van der Waals surface area contributed by atoms with Gasteiger partial charge in [0.15, 0.2) is 6.10 Å². The summed E-state index contributed by atoms with van der Waals surface area (Å²) in [7, 11) is 0. The van der Waals surface area contributed by atoms with Gasteiger partial charge in [0.05, 0.1) is 0 Å². The summed E-state index contributed by atoms with van der Waals surface area (Å²) in [5.74, 6) is 2.13. The zero-order chi connectivity index (χ0) is 24.6. The number of unbranched alkanes of at least 4 members (excludes halogenated alkanes) is 6. The van der Waals surface area contributed by atoms with Crippen LogP contribution in [0.15, 0.2) is 24.3 Å². The number of esters is 1. The number of carbonyl (C=O) groups is 1. The smallest absolute Gasteiger partial charge is 0.335 e. The van der Waals surface area contributed by atoms with Gasteiger partial charge in [-0.25, -0.2) is 4.79 Å². The molecule has 0 aromatic heterocycles. The summed E-state index contributed by atoms with van der Waals surface area (Å²) < 4.78 is 16.8. The van der Waals surface area contributed by atoms with Gasteiger partial charge < -0.3 is 14.2 Å². The molecule has 4 nitrogen and oxygen atoms in total. The maximum absolute atomic E-state index is 12.0. The number of benzene rings is 1. The maximum atomic E-state index is 12.0. The van der Waals surface area contributed by atoms with Crippen molar-refractivity contribution in [3.8, 4) is 5.75 Å². The Morgan fingerprint density at radius 2 is 1.53 bits per heavy atom. The first kappa shape index (κ1) is 28.7. The highest BCUT2D eigenvalue weighted by atomic mass is 16.6. The monoisotopic (exact) mass is 474 g/mol. The SMILES string of the molecule is CCCCCCCCC1CCC(c2ccc(OC(C)COC(=O)C(C)OCCCC)cc2)CC1. The minimum atomic E-state index is -0.529. The number of carbonyl (C=O) groups excluding carboxylic acids is 1. The Hall–Kier alpha value is -1.55. The van der Waals surface area contributed by atoms with Gasteiger partial charge in [-0.1, -0.05) is 77.3 Å². The van der Waals surface area contributed by atoms with Crippen LogP contribution >= 0.6 is 0 Å². The molecule has 2 rings (SSSR count). The van der Waals surface area contributed by atoms with Gasteiger partial charge in [-0.3, -0.25) is 0 Å². The van der Waals surface area contributed by atoms with Crippen molar-refractivity contribution in [2.24, 2.45) is 5.92 Å². The topological polar surface area (TPSA) is 44.8 Å². The molecular weight excluding hydrogens is 424 g/mol. The van der Waals surface area contributed by atoms with Gasteiger partial charge in [0.25, 0.3) is 0 Å². The van der Waals surface area contributed by atoms with Gasteiger partial charge in [0.1, 0.15) is 18.5 Å². The Kier molecular flexibility index (Phi) is 14.3. The van der Waals surface area contributed by atoms with Crippen molar-refractivity contribution in [3.05, 3.63) is 29.8 Å². The van der Waals surface area contributed by atoms with Crippen LogP contribution in [0.2, 0.25) is 0 Å². The van der Waals surface area contributed by atoms with Gasteiger partial charge in [-0.2, -0.15) is 0 Å². The Balaban J connectivity index is 1.64. The van der Waals surface area contributed by atoms with Crippen LogP contribution < -0.4 is 4.74 Å². The van der Waals surface area contributed by atoms with E-state index in [0.717, 1.165) is 24.5 Å². The van der Waals surface area contributed by atoms with Crippen LogP contribution in [0, 0.1) is 5.92 Å². The minimum Gasteiger partial charge on any atom is -0.487 e. The molecule has 0 aliphatic heterocycles. The van der Waals surface area contributed by atoms with E-state index in [9.17, 15) is 4.79 Å². The molecule has 0 saturated heterocycles. The average molecular weight is 475 g/mol. The second kappa shape index (κ2) is 17.0. The lowest BCUT2D eigenvalue weighted by Gasteiger charge is -2.29. The summed E-state index contributed by atoms with van der Waals surface area (Å²) in [5.41, 5.74) is 1.43. The maximum Gasteiger partial charge on any atom is 0.335 e. The highest BCUT2D eigenvalue weighted by molar-refractivity contribution is 5.74. The zero-order valence-electron chi connectivity index (χ0n) is 22.4. The number of rotatable bonds is 17. The molecule has 2 atom stereocenters. The van der Waals surface area contributed by atoms with Gasteiger partial charge in [-0.05, 0) is 75.5 Å². The summed E-state index contributed by atoms with van der Waals surface area (Å²) in [4.78, 5) is 12.0. The highest BCUT2D eigenvalue weighted by Gasteiger charge is 2.22. The number of ether oxygens (including phenoxy) is 3. The Morgan fingerprint density at radius 3 is 2.21 bits per heavy atom. The second-order valence-corrected chi connectivity index (χ2v) is 10.3. The molecule has 1 fully saturated rings. The van der Waals surface area contributed by atoms with Crippen LogP contribution in [0.1, 0.15) is 123 Å². The molecule has 4 heteroatoms. The zero-order valence-corrected chi connectivity index (χ0v) is 22.4. The lowest BCUT2D eigenvalue weighted by atomic mass is 9.77. The lowest BCUT2D eigenvalue weighted by Crippen LogP contribution is -2.28. The molecule has 1 aromatic rings. The van der Waals surface area contributed by atoms with E-state index >= 15 is 0 Å². The molecule has 1 saturated carbocycles. The summed E-state index contributed by atoms with van der Waals surface area (Å²) in [5, 5.41) is 0. The third kappa shape index (κ3) is 11.3. The predicted octanol–water partition coefficient (Wildman–Crippen LogP) is 8.23. The molecule has 1 aliphatic rings. The largest absolute Gasteiger partial charge is 0.487 e. The first-order chi connectivity index (χ1) is 16.5. The first-order valence-corrected chi connectivity index (χ1v) is 14.1. The Labute approximate surface area is 209 Å². The fraction of sp³-hybridized carbons (Fsp3) is 0.767. The van der Waals surface area contributed by atoms with E-state index in [0.29, 0.717) is 12.5 Å². The Morgan fingerprint density at radius 1 is 0.882 bits per heavy atom. The molecule has 0 N–H and O–H groups in total. The number of hydrogen-bond donors (Lipinski definition) is 0. The van der Waals surface area contributed by atoms with Crippen LogP contribution in [0.5, 0.6) is 5.75 Å². The number of hydrogen-bond acceptors (Lipinski definition) is 4. The fourth-order valence-electron chi connectivity index (χ4n) is 4.87. The molecule has 0 heterocycles. The van der Waals surface area contributed by atoms with Gasteiger partial charge in [-0.15, -0.1) is 0 Å². The second-order valence-electron chi connectivity index (χ2n) is 10.3. The quantitative estimate of drug-likeness (QED) is 0.168. The van der Waals surface area contributed by atoms with Crippen molar-refractivity contribution < 1.29 is 19.0 Å². The van der Waals surface area contributed by atoms with E-state index < -0.39 is 6.10 Å². The van der Waals surface area contributed by atoms with Gasteiger partial charge in [0, 0.05) is 6.61 Å². The van der Waals surface area contributed by atoms with E-state index in [-0.39, 0.29) is 18.7 Å². The minimum absolute atomic E-state index is 0.199. The fourth-order valence-corrected chi connectivity index (χ4v) is 4.87. The van der Waals surface area contributed by atoms with Gasteiger partial charge >= 0.3 is 5.97 Å². The van der Waals surface area contributed by atoms with Crippen molar-refractivity contribution in [3.63, 3.8) is 0 Å². The lowest BCUT2D eigenvalue weighted by molar-refractivity contribution is -0.158. The summed E-state index contributed by atoms with van der Waals surface area (Å²) in [6.07, 6.45) is 16.5. The molecule has 0 bridgehead atoms. The average Bonchev–Trinajstić information content (AvgIpc) is 2.85.